The van der Waals surface area contributed by atoms with Gasteiger partial charge in [-0.2, -0.15) is 0 Å². The minimum Gasteiger partial charge on any atom is -0.380 e. The van der Waals surface area contributed by atoms with Crippen LogP contribution in [-0.4, -0.2) is 43.8 Å². The minimum atomic E-state index is 0.454. The van der Waals surface area contributed by atoms with Gasteiger partial charge in [-0.05, 0) is 37.6 Å². The Morgan fingerprint density at radius 3 is 2.72 bits per heavy atom. The van der Waals surface area contributed by atoms with Gasteiger partial charge in [-0.1, -0.05) is 26.2 Å². The maximum Gasteiger partial charge on any atom is 0.0710 e. The third-order valence-corrected chi connectivity index (χ3v) is 5.04. The molecular formula is C15H30N2O. The molecule has 1 saturated heterocycles. The Labute approximate surface area is 112 Å². The number of hydrogen-bond acceptors (Lipinski definition) is 3. The molecule has 0 aromatic heterocycles. The Kier molecular flexibility index (Phi) is 5.46. The average Bonchev–Trinajstić information content (AvgIpc) is 2.87. The second kappa shape index (κ2) is 6.88. The zero-order chi connectivity index (χ0) is 13.0. The van der Waals surface area contributed by atoms with E-state index in [2.05, 4.69) is 11.8 Å². The van der Waals surface area contributed by atoms with E-state index in [1.54, 1.807) is 0 Å². The highest BCUT2D eigenvalue weighted by atomic mass is 16.5. The van der Waals surface area contributed by atoms with Crippen molar-refractivity contribution >= 4 is 0 Å². The lowest BCUT2D eigenvalue weighted by Gasteiger charge is -2.41. The fraction of sp³-hybridized carbons (Fsp3) is 1.00. The first-order chi connectivity index (χ1) is 8.78. The summed E-state index contributed by atoms with van der Waals surface area (Å²) in [5, 5.41) is 0. The van der Waals surface area contributed by atoms with Gasteiger partial charge in [0.25, 0.3) is 0 Å². The monoisotopic (exact) mass is 254 g/mol. The van der Waals surface area contributed by atoms with Crippen molar-refractivity contribution in [2.75, 3.05) is 26.7 Å². The third-order valence-electron chi connectivity index (χ3n) is 5.04. The van der Waals surface area contributed by atoms with Gasteiger partial charge in [-0.15, -0.1) is 0 Å². The van der Waals surface area contributed by atoms with E-state index in [9.17, 15) is 0 Å². The summed E-state index contributed by atoms with van der Waals surface area (Å²) in [4.78, 5) is 2.66. The summed E-state index contributed by atoms with van der Waals surface area (Å²) in [5.74, 6) is 1.65. The Morgan fingerprint density at radius 2 is 2.11 bits per heavy atom. The summed E-state index contributed by atoms with van der Waals surface area (Å²) in [7, 11) is 1.84. The summed E-state index contributed by atoms with van der Waals surface area (Å²) in [6, 6.07) is 0.723. The van der Waals surface area contributed by atoms with E-state index in [1.165, 1.54) is 45.1 Å². The van der Waals surface area contributed by atoms with Crippen molar-refractivity contribution in [3.63, 3.8) is 0 Å². The fourth-order valence-electron chi connectivity index (χ4n) is 3.93. The van der Waals surface area contributed by atoms with Crippen LogP contribution in [-0.2, 0) is 4.74 Å². The highest BCUT2D eigenvalue weighted by molar-refractivity contribution is 4.91. The molecule has 0 radical (unpaired) electrons. The van der Waals surface area contributed by atoms with Crippen LogP contribution < -0.4 is 5.73 Å². The molecule has 0 spiro atoms. The molecule has 1 aliphatic heterocycles. The van der Waals surface area contributed by atoms with Crippen molar-refractivity contribution in [1.82, 2.24) is 4.90 Å². The molecule has 1 saturated carbocycles. The van der Waals surface area contributed by atoms with Crippen molar-refractivity contribution in [3.8, 4) is 0 Å². The van der Waals surface area contributed by atoms with Gasteiger partial charge < -0.3 is 10.5 Å². The predicted molar refractivity (Wildman–Crippen MR) is 75.6 cm³/mol. The molecule has 1 heterocycles. The van der Waals surface area contributed by atoms with Gasteiger partial charge in [0.1, 0.15) is 0 Å². The van der Waals surface area contributed by atoms with Gasteiger partial charge in [0, 0.05) is 26.2 Å². The molecule has 2 aliphatic rings. The second-order valence-electron chi connectivity index (χ2n) is 6.17. The molecule has 2 rings (SSSR count). The lowest BCUT2D eigenvalue weighted by Crippen LogP contribution is -2.46. The van der Waals surface area contributed by atoms with Gasteiger partial charge in [0.05, 0.1) is 6.10 Å². The maximum absolute atomic E-state index is 5.99. The van der Waals surface area contributed by atoms with E-state index in [0.29, 0.717) is 12.0 Å². The molecule has 0 amide bonds. The third kappa shape index (κ3) is 3.25. The van der Waals surface area contributed by atoms with Crippen LogP contribution in [0.5, 0.6) is 0 Å². The lowest BCUT2D eigenvalue weighted by atomic mass is 9.76. The zero-order valence-corrected chi connectivity index (χ0v) is 12.1. The number of likely N-dealkylation sites (tertiary alicyclic amines) is 1. The number of nitrogens with two attached hydrogens (primary N) is 1. The summed E-state index contributed by atoms with van der Waals surface area (Å²) in [6.45, 7) is 5.49. The normalized spacial score (nSPS) is 38.2. The van der Waals surface area contributed by atoms with Crippen LogP contribution in [0.4, 0.5) is 0 Å². The molecular weight excluding hydrogens is 224 g/mol. The Hall–Kier alpha value is -0.120. The number of ether oxygens (including phenoxy) is 1. The zero-order valence-electron chi connectivity index (χ0n) is 12.1. The number of methoxy groups -OCH3 is 1. The molecule has 106 valence electrons. The van der Waals surface area contributed by atoms with E-state index in [-0.39, 0.29) is 0 Å². The van der Waals surface area contributed by atoms with Gasteiger partial charge in [-0.3, -0.25) is 4.90 Å². The first kappa shape index (κ1) is 14.3. The average molecular weight is 254 g/mol. The van der Waals surface area contributed by atoms with Crippen LogP contribution in [0.15, 0.2) is 0 Å². The first-order valence-corrected chi connectivity index (χ1v) is 7.75. The van der Waals surface area contributed by atoms with Crippen molar-refractivity contribution in [3.05, 3.63) is 0 Å². The van der Waals surface area contributed by atoms with Crippen LogP contribution in [0, 0.1) is 11.8 Å². The molecule has 18 heavy (non-hydrogen) atoms. The van der Waals surface area contributed by atoms with E-state index in [0.717, 1.165) is 25.0 Å². The highest BCUT2D eigenvalue weighted by Crippen LogP contribution is 2.35. The largest absolute Gasteiger partial charge is 0.380 e. The molecule has 3 heteroatoms. The number of nitrogens with zero attached hydrogens (tertiary/aromatic N) is 1. The van der Waals surface area contributed by atoms with Crippen LogP contribution >= 0.6 is 0 Å². The Morgan fingerprint density at radius 1 is 1.28 bits per heavy atom. The number of hydrogen-bond donors (Lipinski definition) is 1. The first-order valence-electron chi connectivity index (χ1n) is 7.75. The van der Waals surface area contributed by atoms with Crippen molar-refractivity contribution < 1.29 is 4.74 Å². The van der Waals surface area contributed by atoms with Crippen molar-refractivity contribution in [2.45, 2.75) is 57.6 Å². The van der Waals surface area contributed by atoms with Crippen LogP contribution in [0.2, 0.25) is 0 Å². The second-order valence-corrected chi connectivity index (χ2v) is 6.17. The summed E-state index contributed by atoms with van der Waals surface area (Å²) < 4.78 is 5.50. The van der Waals surface area contributed by atoms with Crippen LogP contribution in [0.3, 0.4) is 0 Å². The van der Waals surface area contributed by atoms with Crippen molar-refractivity contribution in [2.24, 2.45) is 17.6 Å². The van der Waals surface area contributed by atoms with Gasteiger partial charge >= 0.3 is 0 Å². The predicted octanol–water partition coefficient (Wildman–Crippen LogP) is 2.25. The lowest BCUT2D eigenvalue weighted by molar-refractivity contribution is 0.0675. The quantitative estimate of drug-likeness (QED) is 0.818. The van der Waals surface area contributed by atoms with E-state index < -0.39 is 0 Å². The topological polar surface area (TPSA) is 38.5 Å². The molecule has 0 bridgehead atoms. The molecule has 0 aromatic rings. The fourth-order valence-corrected chi connectivity index (χ4v) is 3.93. The van der Waals surface area contributed by atoms with E-state index in [1.807, 2.05) is 7.11 Å². The van der Waals surface area contributed by atoms with E-state index in [4.69, 9.17) is 10.5 Å². The molecule has 0 aromatic carbocycles. The SMILES string of the molecule is CCCC1CCC(CN)C(N2CCC(OC)C2)C1. The molecule has 3 nitrogen and oxygen atoms in total. The molecule has 4 atom stereocenters. The van der Waals surface area contributed by atoms with E-state index >= 15 is 0 Å². The Bertz CT molecular complexity index is 247. The standard InChI is InChI=1S/C15H30N2O/c1-3-4-12-5-6-13(10-16)15(9-12)17-8-7-14(11-17)18-2/h12-15H,3-11,16H2,1-2H3. The number of rotatable bonds is 5. The van der Waals surface area contributed by atoms with Gasteiger partial charge in [0.15, 0.2) is 0 Å². The minimum absolute atomic E-state index is 0.454. The summed E-state index contributed by atoms with van der Waals surface area (Å²) in [6.07, 6.45) is 8.47. The highest BCUT2D eigenvalue weighted by Gasteiger charge is 2.36. The summed E-state index contributed by atoms with van der Waals surface area (Å²) >= 11 is 0. The molecule has 4 unspecified atom stereocenters. The maximum atomic E-state index is 5.99. The molecule has 2 fully saturated rings. The van der Waals surface area contributed by atoms with Gasteiger partial charge in [-0.25, -0.2) is 0 Å². The Balaban J connectivity index is 1.93. The smallest absolute Gasteiger partial charge is 0.0710 e. The van der Waals surface area contributed by atoms with Crippen molar-refractivity contribution in [1.29, 1.82) is 0 Å². The van der Waals surface area contributed by atoms with Gasteiger partial charge in [0.2, 0.25) is 0 Å². The van der Waals surface area contributed by atoms with Crippen LogP contribution in [0.25, 0.3) is 0 Å². The summed E-state index contributed by atoms with van der Waals surface area (Å²) in [5.41, 5.74) is 5.99. The molecule has 2 N–H and O–H groups in total. The van der Waals surface area contributed by atoms with Crippen LogP contribution in [0.1, 0.15) is 45.4 Å². The molecule has 1 aliphatic carbocycles.